The van der Waals surface area contributed by atoms with Crippen molar-refractivity contribution < 1.29 is 19.1 Å². The molecule has 1 aliphatic carbocycles. The molecule has 0 aliphatic heterocycles. The molecule has 1 saturated carbocycles. The molecule has 2 amide bonds. The Labute approximate surface area is 161 Å². The van der Waals surface area contributed by atoms with Gasteiger partial charge in [-0.1, -0.05) is 31.4 Å². The summed E-state index contributed by atoms with van der Waals surface area (Å²) < 4.78 is 5.15. The zero-order chi connectivity index (χ0) is 20.0. The normalized spacial score (nSPS) is 17.0. The van der Waals surface area contributed by atoms with E-state index in [1.165, 1.54) is 20.5 Å². The Bertz CT molecular complexity index is 697. The molecule has 2 rings (SSSR count). The third-order valence-electron chi connectivity index (χ3n) is 5.70. The van der Waals surface area contributed by atoms with E-state index in [4.69, 9.17) is 4.74 Å². The lowest BCUT2D eigenvalue weighted by molar-refractivity contribution is -0.149. The summed E-state index contributed by atoms with van der Waals surface area (Å²) in [5, 5.41) is 3.14. The van der Waals surface area contributed by atoms with Gasteiger partial charge in [0.15, 0.2) is 5.78 Å². The van der Waals surface area contributed by atoms with Gasteiger partial charge in [0.25, 0.3) is 0 Å². The molecule has 0 bridgehead atoms. The molecule has 0 heterocycles. The highest BCUT2D eigenvalue weighted by atomic mass is 16.5. The van der Waals surface area contributed by atoms with Gasteiger partial charge in [-0.15, -0.1) is 0 Å². The third kappa shape index (κ3) is 4.75. The number of benzene rings is 1. The Balaban J connectivity index is 2.23. The van der Waals surface area contributed by atoms with E-state index in [0.29, 0.717) is 11.3 Å². The fraction of sp³-hybridized carbons (Fsp3) is 0.571. The number of ketones is 1. The zero-order valence-electron chi connectivity index (χ0n) is 16.7. The number of likely N-dealkylation sites (N-methyl/N-ethyl adjacent to an activating group) is 1. The molecule has 6 nitrogen and oxygen atoms in total. The minimum atomic E-state index is -0.860. The Kier molecular flexibility index (Phi) is 7.13. The lowest BCUT2D eigenvalue weighted by Gasteiger charge is -2.40. The first-order valence-corrected chi connectivity index (χ1v) is 9.52. The average molecular weight is 374 g/mol. The smallest absolute Gasteiger partial charge is 0.249 e. The molecule has 6 heteroatoms. The van der Waals surface area contributed by atoms with Crippen LogP contribution < -0.4 is 10.1 Å². The molecular formula is C21H30N2O4. The fourth-order valence-electron chi connectivity index (χ4n) is 3.80. The second-order valence-corrected chi connectivity index (χ2v) is 7.35. The molecule has 1 aromatic carbocycles. The second-order valence-electron chi connectivity index (χ2n) is 7.35. The quantitative estimate of drug-likeness (QED) is 0.743. The highest BCUT2D eigenvalue weighted by Crippen LogP contribution is 2.34. The summed E-state index contributed by atoms with van der Waals surface area (Å²) in [5.74, 6) is -0.338. The maximum atomic E-state index is 13.3. The molecule has 1 fully saturated rings. The maximum absolute atomic E-state index is 13.3. The molecule has 0 aromatic heterocycles. The van der Waals surface area contributed by atoms with Crippen LogP contribution in [0.25, 0.3) is 0 Å². The number of carbonyl (C=O) groups is 3. The van der Waals surface area contributed by atoms with E-state index >= 15 is 0 Å². The van der Waals surface area contributed by atoms with Crippen LogP contribution >= 0.6 is 0 Å². The summed E-state index contributed by atoms with van der Waals surface area (Å²) in [5.41, 5.74) is -0.446. The van der Waals surface area contributed by atoms with Gasteiger partial charge < -0.3 is 10.1 Å². The largest absolute Gasteiger partial charge is 0.497 e. The zero-order valence-corrected chi connectivity index (χ0v) is 16.7. The molecule has 1 unspecified atom stereocenters. The van der Waals surface area contributed by atoms with E-state index in [1.54, 1.807) is 31.3 Å². The van der Waals surface area contributed by atoms with Crippen molar-refractivity contribution >= 4 is 17.6 Å². The lowest BCUT2D eigenvalue weighted by atomic mass is 9.75. The number of imide groups is 1. The van der Waals surface area contributed by atoms with Crippen LogP contribution in [0.3, 0.4) is 0 Å². The number of nitrogens with zero attached hydrogens (tertiary/aromatic N) is 1. The Morgan fingerprint density at radius 1 is 1.22 bits per heavy atom. The maximum Gasteiger partial charge on any atom is 0.249 e. The van der Waals surface area contributed by atoms with Gasteiger partial charge in [0.2, 0.25) is 11.8 Å². The molecule has 0 radical (unpaired) electrons. The number of methoxy groups -OCH3 is 1. The molecule has 0 saturated heterocycles. The SMILES string of the molecule is CNC(C)(C(=O)N(CC(=O)c1cccc(OC)c1)C(C)=O)C1CCCCC1. The number of nitrogens with one attached hydrogen (secondary N) is 1. The summed E-state index contributed by atoms with van der Waals surface area (Å²) >= 11 is 0. The first-order chi connectivity index (χ1) is 12.8. The first-order valence-electron chi connectivity index (χ1n) is 9.52. The molecule has 0 spiro atoms. The van der Waals surface area contributed by atoms with E-state index < -0.39 is 11.4 Å². The van der Waals surface area contributed by atoms with Crippen molar-refractivity contribution in [2.75, 3.05) is 20.7 Å². The summed E-state index contributed by atoms with van der Waals surface area (Å²) in [4.78, 5) is 39.3. The Hall–Kier alpha value is -2.21. The standard InChI is InChI=1S/C21H30N2O4/c1-15(24)23(14-19(25)16-9-8-12-18(13-16)27-4)20(26)21(2,22-3)17-10-6-5-7-11-17/h8-9,12-13,17,22H,5-7,10-11,14H2,1-4H3. The predicted octanol–water partition coefficient (Wildman–Crippen LogP) is 2.81. The van der Waals surface area contributed by atoms with Crippen LogP contribution in [0.2, 0.25) is 0 Å². The number of amides is 2. The van der Waals surface area contributed by atoms with Crippen molar-refractivity contribution in [3.8, 4) is 5.75 Å². The van der Waals surface area contributed by atoms with Crippen molar-refractivity contribution in [2.24, 2.45) is 5.92 Å². The molecule has 1 atom stereocenters. The summed E-state index contributed by atoms with van der Waals surface area (Å²) in [6.07, 6.45) is 5.22. The van der Waals surface area contributed by atoms with E-state index in [0.717, 1.165) is 30.6 Å². The van der Waals surface area contributed by atoms with Gasteiger partial charge in [0.05, 0.1) is 19.2 Å². The average Bonchev–Trinajstić information content (AvgIpc) is 2.71. The van der Waals surface area contributed by atoms with Crippen molar-refractivity contribution in [1.82, 2.24) is 10.2 Å². The summed E-state index contributed by atoms with van der Waals surface area (Å²) in [7, 11) is 3.27. The van der Waals surface area contributed by atoms with E-state index in [2.05, 4.69) is 5.32 Å². The topological polar surface area (TPSA) is 75.7 Å². The van der Waals surface area contributed by atoms with Gasteiger partial charge in [0.1, 0.15) is 5.75 Å². The molecule has 1 aliphatic rings. The minimum absolute atomic E-state index is 0.150. The number of Topliss-reactive ketones (excluding diaryl/α,β-unsaturated/α-hetero) is 1. The Morgan fingerprint density at radius 2 is 1.89 bits per heavy atom. The van der Waals surface area contributed by atoms with Gasteiger partial charge in [-0.05, 0) is 44.9 Å². The lowest BCUT2D eigenvalue weighted by Crippen LogP contribution is -2.61. The molecular weight excluding hydrogens is 344 g/mol. The molecule has 1 aromatic rings. The van der Waals surface area contributed by atoms with Crippen LogP contribution in [0.15, 0.2) is 24.3 Å². The van der Waals surface area contributed by atoms with Gasteiger partial charge >= 0.3 is 0 Å². The predicted molar refractivity (Wildman–Crippen MR) is 104 cm³/mol. The monoisotopic (exact) mass is 374 g/mol. The minimum Gasteiger partial charge on any atom is -0.497 e. The number of hydrogen-bond donors (Lipinski definition) is 1. The first kappa shape index (κ1) is 21.1. The van der Waals surface area contributed by atoms with Gasteiger partial charge in [-0.3, -0.25) is 19.3 Å². The van der Waals surface area contributed by atoms with Crippen LogP contribution in [0.5, 0.6) is 5.75 Å². The van der Waals surface area contributed by atoms with Gasteiger partial charge in [-0.2, -0.15) is 0 Å². The van der Waals surface area contributed by atoms with Crippen molar-refractivity contribution in [1.29, 1.82) is 0 Å². The van der Waals surface area contributed by atoms with Crippen LogP contribution in [0, 0.1) is 5.92 Å². The highest BCUT2D eigenvalue weighted by molar-refractivity contribution is 6.06. The Morgan fingerprint density at radius 3 is 2.44 bits per heavy atom. The molecule has 27 heavy (non-hydrogen) atoms. The van der Waals surface area contributed by atoms with Gasteiger partial charge in [-0.25, -0.2) is 0 Å². The summed E-state index contributed by atoms with van der Waals surface area (Å²) in [6, 6.07) is 6.73. The van der Waals surface area contributed by atoms with E-state index in [9.17, 15) is 14.4 Å². The van der Waals surface area contributed by atoms with Crippen molar-refractivity contribution in [3.63, 3.8) is 0 Å². The fourth-order valence-corrected chi connectivity index (χ4v) is 3.80. The number of rotatable bonds is 7. The van der Waals surface area contributed by atoms with Crippen LogP contribution in [-0.2, 0) is 9.59 Å². The van der Waals surface area contributed by atoms with Crippen LogP contribution in [-0.4, -0.2) is 48.7 Å². The second kappa shape index (κ2) is 9.13. The number of hydrogen-bond acceptors (Lipinski definition) is 5. The van der Waals surface area contributed by atoms with Crippen LogP contribution in [0.1, 0.15) is 56.3 Å². The van der Waals surface area contributed by atoms with Crippen molar-refractivity contribution in [3.05, 3.63) is 29.8 Å². The van der Waals surface area contributed by atoms with E-state index in [-0.39, 0.29) is 24.2 Å². The summed E-state index contributed by atoms with van der Waals surface area (Å²) in [6.45, 7) is 2.90. The highest BCUT2D eigenvalue weighted by Gasteiger charge is 2.44. The number of ether oxygens (including phenoxy) is 1. The number of carbonyl (C=O) groups excluding carboxylic acids is 3. The molecule has 1 N–H and O–H groups in total. The van der Waals surface area contributed by atoms with Gasteiger partial charge in [0, 0.05) is 12.5 Å². The van der Waals surface area contributed by atoms with E-state index in [1.807, 2.05) is 6.92 Å². The van der Waals surface area contributed by atoms with Crippen LogP contribution in [0.4, 0.5) is 0 Å². The third-order valence-corrected chi connectivity index (χ3v) is 5.70. The molecule has 148 valence electrons. The van der Waals surface area contributed by atoms with Crippen molar-refractivity contribution in [2.45, 2.75) is 51.5 Å².